The van der Waals surface area contributed by atoms with E-state index in [4.69, 9.17) is 21.1 Å². The molecule has 0 saturated carbocycles. The summed E-state index contributed by atoms with van der Waals surface area (Å²) >= 11 is 5.69. The van der Waals surface area contributed by atoms with Crippen LogP contribution >= 0.6 is 11.6 Å². The fraction of sp³-hybridized carbons (Fsp3) is 0.364. The molecular weight excluding hydrogens is 262 g/mol. The number of nitro groups is 1. The van der Waals surface area contributed by atoms with E-state index in [2.05, 4.69) is 0 Å². The van der Waals surface area contributed by atoms with Gasteiger partial charge < -0.3 is 9.47 Å². The molecule has 0 atom stereocenters. The van der Waals surface area contributed by atoms with Crippen molar-refractivity contribution in [1.82, 2.24) is 0 Å². The van der Waals surface area contributed by atoms with Crippen LogP contribution in [0.15, 0.2) is 18.2 Å². The number of benzene rings is 1. The number of hydrogen-bond acceptors (Lipinski definition) is 5. The van der Waals surface area contributed by atoms with Gasteiger partial charge in [0, 0.05) is 12.1 Å². The molecule has 0 bridgehead atoms. The first-order valence-corrected chi connectivity index (χ1v) is 5.54. The molecule has 1 aromatic rings. The Balaban J connectivity index is 2.61. The fourth-order valence-corrected chi connectivity index (χ4v) is 1.40. The predicted octanol–water partition coefficient (Wildman–Crippen LogP) is 2.58. The highest BCUT2D eigenvalue weighted by molar-refractivity contribution is 6.32. The van der Waals surface area contributed by atoms with Crippen LogP contribution in [0.4, 0.5) is 5.69 Å². The molecule has 0 spiro atoms. The Labute approximate surface area is 109 Å². The van der Waals surface area contributed by atoms with Gasteiger partial charge in [-0.05, 0) is 19.9 Å². The van der Waals surface area contributed by atoms with Crippen molar-refractivity contribution in [2.24, 2.45) is 0 Å². The summed E-state index contributed by atoms with van der Waals surface area (Å²) in [5.74, 6) is -0.245. The predicted molar refractivity (Wildman–Crippen MR) is 64.8 cm³/mol. The minimum Gasteiger partial charge on any atom is -0.482 e. The first-order chi connectivity index (χ1) is 8.40. The Morgan fingerprint density at radius 2 is 2.17 bits per heavy atom. The van der Waals surface area contributed by atoms with Crippen LogP contribution in [0.3, 0.4) is 0 Å². The van der Waals surface area contributed by atoms with Gasteiger partial charge in [-0.3, -0.25) is 10.1 Å². The molecule has 0 saturated heterocycles. The molecule has 7 heteroatoms. The summed E-state index contributed by atoms with van der Waals surface area (Å²) < 4.78 is 9.96. The lowest BCUT2D eigenvalue weighted by Crippen LogP contribution is -2.18. The third-order valence-corrected chi connectivity index (χ3v) is 2.14. The number of nitro benzene ring substituents is 1. The highest BCUT2D eigenvalue weighted by Crippen LogP contribution is 2.28. The van der Waals surface area contributed by atoms with E-state index in [0.29, 0.717) is 0 Å². The van der Waals surface area contributed by atoms with Crippen molar-refractivity contribution in [3.63, 3.8) is 0 Å². The van der Waals surface area contributed by atoms with Crippen molar-refractivity contribution in [2.45, 2.75) is 20.0 Å². The maximum atomic E-state index is 11.2. The Hall–Kier alpha value is -1.82. The van der Waals surface area contributed by atoms with Crippen molar-refractivity contribution >= 4 is 23.3 Å². The molecule has 0 heterocycles. The third-order valence-electron chi connectivity index (χ3n) is 1.84. The van der Waals surface area contributed by atoms with Crippen LogP contribution in [0, 0.1) is 10.1 Å². The number of nitrogens with zero attached hydrogens (tertiary/aromatic N) is 1. The van der Waals surface area contributed by atoms with Crippen LogP contribution in [0.25, 0.3) is 0 Å². The summed E-state index contributed by atoms with van der Waals surface area (Å²) in [7, 11) is 0. The molecule has 0 N–H and O–H groups in total. The molecule has 1 rings (SSSR count). The molecule has 1 aromatic carbocycles. The maximum Gasteiger partial charge on any atom is 0.344 e. The quantitative estimate of drug-likeness (QED) is 0.468. The average molecular weight is 274 g/mol. The summed E-state index contributed by atoms with van der Waals surface area (Å²) in [5, 5.41) is 10.5. The second-order valence-corrected chi connectivity index (χ2v) is 4.10. The second-order valence-electron chi connectivity index (χ2n) is 3.70. The summed E-state index contributed by atoms with van der Waals surface area (Å²) in [6, 6.07) is 3.86. The van der Waals surface area contributed by atoms with Gasteiger partial charge in [-0.15, -0.1) is 0 Å². The molecule has 0 aromatic heterocycles. The van der Waals surface area contributed by atoms with Gasteiger partial charge in [0.05, 0.1) is 11.0 Å². The van der Waals surface area contributed by atoms with E-state index in [1.54, 1.807) is 13.8 Å². The van der Waals surface area contributed by atoms with Gasteiger partial charge in [0.2, 0.25) is 0 Å². The van der Waals surface area contributed by atoms with Crippen LogP contribution < -0.4 is 4.74 Å². The van der Waals surface area contributed by atoms with E-state index < -0.39 is 10.9 Å². The number of esters is 1. The van der Waals surface area contributed by atoms with E-state index in [9.17, 15) is 14.9 Å². The normalized spacial score (nSPS) is 10.2. The van der Waals surface area contributed by atoms with Crippen LogP contribution in [0.5, 0.6) is 5.75 Å². The minimum absolute atomic E-state index is 0.0465. The van der Waals surface area contributed by atoms with Crippen LogP contribution in [-0.4, -0.2) is 23.6 Å². The summed E-state index contributed by atoms with van der Waals surface area (Å²) in [4.78, 5) is 21.1. The lowest BCUT2D eigenvalue weighted by Gasteiger charge is -2.09. The summed E-state index contributed by atoms with van der Waals surface area (Å²) in [5.41, 5.74) is -0.214. The van der Waals surface area contributed by atoms with Crippen molar-refractivity contribution in [3.8, 4) is 5.75 Å². The number of halogens is 1. The Kier molecular flexibility index (Phi) is 4.91. The lowest BCUT2D eigenvalue weighted by molar-refractivity contribution is -0.384. The molecule has 0 aliphatic heterocycles. The van der Waals surface area contributed by atoms with Crippen molar-refractivity contribution in [1.29, 1.82) is 0 Å². The second kappa shape index (κ2) is 6.20. The van der Waals surface area contributed by atoms with Crippen molar-refractivity contribution in [2.75, 3.05) is 6.61 Å². The standard InChI is InChI=1S/C11H12ClNO5/c1-7(2)18-11(14)6-17-8-3-4-10(13(15)16)9(12)5-8/h3-5,7H,6H2,1-2H3. The van der Waals surface area contributed by atoms with Gasteiger partial charge in [0.1, 0.15) is 10.8 Å². The number of carbonyl (C=O) groups is 1. The number of hydrogen-bond donors (Lipinski definition) is 0. The molecule has 18 heavy (non-hydrogen) atoms. The van der Waals surface area contributed by atoms with Gasteiger partial charge in [-0.1, -0.05) is 11.6 Å². The SMILES string of the molecule is CC(C)OC(=O)COc1ccc([N+](=O)[O-])c(Cl)c1. The molecule has 0 fully saturated rings. The smallest absolute Gasteiger partial charge is 0.344 e. The minimum atomic E-state index is -0.598. The topological polar surface area (TPSA) is 78.7 Å². The van der Waals surface area contributed by atoms with Crippen molar-refractivity contribution in [3.05, 3.63) is 33.3 Å². The van der Waals surface area contributed by atoms with Gasteiger partial charge in [0.15, 0.2) is 6.61 Å². The fourth-order valence-electron chi connectivity index (χ4n) is 1.16. The van der Waals surface area contributed by atoms with Gasteiger partial charge in [-0.25, -0.2) is 4.79 Å². The first kappa shape index (κ1) is 14.2. The van der Waals surface area contributed by atoms with Crippen LogP contribution in [0.2, 0.25) is 5.02 Å². The molecule has 0 radical (unpaired) electrons. The zero-order chi connectivity index (χ0) is 13.7. The molecule has 0 amide bonds. The van der Waals surface area contributed by atoms with Gasteiger partial charge in [0.25, 0.3) is 5.69 Å². The Morgan fingerprint density at radius 1 is 1.50 bits per heavy atom. The number of rotatable bonds is 5. The zero-order valence-electron chi connectivity index (χ0n) is 9.88. The van der Waals surface area contributed by atoms with Crippen molar-refractivity contribution < 1.29 is 19.2 Å². The van der Waals surface area contributed by atoms with E-state index in [1.165, 1.54) is 18.2 Å². The zero-order valence-corrected chi connectivity index (χ0v) is 10.6. The highest BCUT2D eigenvalue weighted by Gasteiger charge is 2.13. The first-order valence-electron chi connectivity index (χ1n) is 5.16. The van der Waals surface area contributed by atoms with E-state index in [0.717, 1.165) is 0 Å². The van der Waals surface area contributed by atoms with Gasteiger partial charge in [-0.2, -0.15) is 0 Å². The maximum absolute atomic E-state index is 11.2. The molecule has 98 valence electrons. The Bertz CT molecular complexity index is 461. The van der Waals surface area contributed by atoms with E-state index in [1.807, 2.05) is 0 Å². The van der Waals surface area contributed by atoms with E-state index in [-0.39, 0.29) is 29.2 Å². The molecule has 0 unspecified atom stereocenters. The average Bonchev–Trinajstić information content (AvgIpc) is 2.25. The monoisotopic (exact) mass is 273 g/mol. The third kappa shape index (κ3) is 4.21. The highest BCUT2D eigenvalue weighted by atomic mass is 35.5. The summed E-state index contributed by atoms with van der Waals surface area (Å²) in [6.07, 6.45) is -0.221. The molecule has 0 aliphatic rings. The number of ether oxygens (including phenoxy) is 2. The molecule has 0 aliphatic carbocycles. The summed E-state index contributed by atoms with van der Waals surface area (Å²) in [6.45, 7) is 3.17. The van der Waals surface area contributed by atoms with Gasteiger partial charge >= 0.3 is 5.97 Å². The molecular formula is C11H12ClNO5. The van der Waals surface area contributed by atoms with Crippen LogP contribution in [-0.2, 0) is 9.53 Å². The van der Waals surface area contributed by atoms with Crippen LogP contribution in [0.1, 0.15) is 13.8 Å². The molecule has 6 nitrogen and oxygen atoms in total. The Morgan fingerprint density at radius 3 is 2.67 bits per heavy atom. The number of carbonyl (C=O) groups excluding carboxylic acids is 1. The lowest BCUT2D eigenvalue weighted by atomic mass is 10.3. The van der Waals surface area contributed by atoms with E-state index >= 15 is 0 Å². The largest absolute Gasteiger partial charge is 0.482 e.